The van der Waals surface area contributed by atoms with Gasteiger partial charge < -0.3 is 15.2 Å². The zero-order valence-electron chi connectivity index (χ0n) is 19.6. The summed E-state index contributed by atoms with van der Waals surface area (Å²) in [5, 5.41) is 5.90. The second-order valence-electron chi connectivity index (χ2n) is 9.22. The highest BCUT2D eigenvalue weighted by Crippen LogP contribution is 2.25. The molecule has 0 saturated carbocycles. The fraction of sp³-hybridized carbons (Fsp3) is 0.370. The Morgan fingerprint density at radius 2 is 1.82 bits per heavy atom. The molecule has 6 nitrogen and oxygen atoms in total. The standard InChI is InChI=1S/C27H32N4O2/c1-18(2)16-24(30-26(32)23-10-5-4-8-19(23)3)27(33)29-21-13-11-20(12-14-21)25-28-17-22-9-6-7-15-31(22)25/h4-5,8,10-14,17-18,24H,6-7,9,15-16H2,1-3H3,(H,29,33)(H,30,32). The number of carbonyl (C=O) groups excluding carboxylic acids is 2. The lowest BCUT2D eigenvalue weighted by molar-refractivity contribution is -0.118. The molecule has 4 rings (SSSR count). The molecule has 1 unspecified atom stereocenters. The van der Waals surface area contributed by atoms with E-state index in [1.54, 1.807) is 6.07 Å². The first-order valence-corrected chi connectivity index (χ1v) is 11.7. The van der Waals surface area contributed by atoms with E-state index >= 15 is 0 Å². The Morgan fingerprint density at radius 1 is 1.06 bits per heavy atom. The molecule has 0 spiro atoms. The van der Waals surface area contributed by atoms with Gasteiger partial charge in [-0.05, 0) is 74.4 Å². The van der Waals surface area contributed by atoms with Gasteiger partial charge >= 0.3 is 0 Å². The van der Waals surface area contributed by atoms with E-state index in [0.717, 1.165) is 29.9 Å². The smallest absolute Gasteiger partial charge is 0.252 e. The number of hydrogen-bond donors (Lipinski definition) is 2. The molecule has 0 fully saturated rings. The van der Waals surface area contributed by atoms with Crippen molar-refractivity contribution in [1.29, 1.82) is 0 Å². The van der Waals surface area contributed by atoms with Gasteiger partial charge in [0.1, 0.15) is 11.9 Å². The normalized spacial score (nSPS) is 13.9. The zero-order chi connectivity index (χ0) is 23.4. The lowest BCUT2D eigenvalue weighted by Crippen LogP contribution is -2.44. The van der Waals surface area contributed by atoms with E-state index < -0.39 is 6.04 Å². The number of benzene rings is 2. The van der Waals surface area contributed by atoms with Crippen molar-refractivity contribution >= 4 is 17.5 Å². The van der Waals surface area contributed by atoms with Crippen LogP contribution in [0.25, 0.3) is 11.4 Å². The summed E-state index contributed by atoms with van der Waals surface area (Å²) in [6, 6.07) is 14.6. The second kappa shape index (κ2) is 10.0. The average Bonchev–Trinajstić information content (AvgIpc) is 3.23. The summed E-state index contributed by atoms with van der Waals surface area (Å²) in [6.07, 6.45) is 6.00. The van der Waals surface area contributed by atoms with Crippen molar-refractivity contribution in [1.82, 2.24) is 14.9 Å². The Morgan fingerprint density at radius 3 is 2.55 bits per heavy atom. The second-order valence-corrected chi connectivity index (χ2v) is 9.22. The number of rotatable bonds is 7. The molecule has 6 heteroatoms. The fourth-order valence-electron chi connectivity index (χ4n) is 4.37. The lowest BCUT2D eigenvalue weighted by atomic mass is 10.0. The van der Waals surface area contributed by atoms with Crippen LogP contribution >= 0.6 is 0 Å². The van der Waals surface area contributed by atoms with Crippen molar-refractivity contribution in [3.8, 4) is 11.4 Å². The monoisotopic (exact) mass is 444 g/mol. The summed E-state index contributed by atoms with van der Waals surface area (Å²) < 4.78 is 2.29. The third-order valence-electron chi connectivity index (χ3n) is 6.13. The molecular weight excluding hydrogens is 412 g/mol. The molecule has 0 radical (unpaired) electrons. The van der Waals surface area contributed by atoms with Crippen LogP contribution in [-0.4, -0.2) is 27.4 Å². The van der Waals surface area contributed by atoms with E-state index in [4.69, 9.17) is 0 Å². The minimum atomic E-state index is -0.615. The summed E-state index contributed by atoms with van der Waals surface area (Å²) in [4.78, 5) is 30.5. The van der Waals surface area contributed by atoms with Gasteiger partial charge in [-0.25, -0.2) is 4.98 Å². The molecule has 0 saturated heterocycles. The summed E-state index contributed by atoms with van der Waals surface area (Å²) in [6.45, 7) is 6.98. The third-order valence-corrected chi connectivity index (χ3v) is 6.13. The first-order valence-electron chi connectivity index (χ1n) is 11.7. The zero-order valence-corrected chi connectivity index (χ0v) is 19.6. The Hall–Kier alpha value is -3.41. The first-order chi connectivity index (χ1) is 15.9. The topological polar surface area (TPSA) is 76.0 Å². The number of carbonyl (C=O) groups is 2. The largest absolute Gasteiger partial charge is 0.340 e. The maximum Gasteiger partial charge on any atom is 0.252 e. The van der Waals surface area contributed by atoms with Gasteiger partial charge in [-0.1, -0.05) is 32.0 Å². The van der Waals surface area contributed by atoms with Crippen molar-refractivity contribution in [2.24, 2.45) is 5.92 Å². The Kier molecular flexibility index (Phi) is 6.92. The maximum atomic E-state index is 13.1. The molecule has 1 atom stereocenters. The molecule has 2 amide bonds. The lowest BCUT2D eigenvalue weighted by Gasteiger charge is -2.21. The molecule has 3 aromatic rings. The van der Waals surface area contributed by atoms with Gasteiger partial charge in [-0.15, -0.1) is 0 Å². The quantitative estimate of drug-likeness (QED) is 0.540. The molecule has 33 heavy (non-hydrogen) atoms. The molecule has 0 aliphatic carbocycles. The van der Waals surface area contributed by atoms with Crippen LogP contribution < -0.4 is 10.6 Å². The van der Waals surface area contributed by atoms with Crippen LogP contribution in [0.2, 0.25) is 0 Å². The number of anilines is 1. The SMILES string of the molecule is Cc1ccccc1C(=O)NC(CC(C)C)C(=O)Nc1ccc(-c2ncc3n2CCCC3)cc1. The van der Waals surface area contributed by atoms with Gasteiger partial charge in [0.2, 0.25) is 5.91 Å². The van der Waals surface area contributed by atoms with E-state index in [-0.39, 0.29) is 17.7 Å². The van der Waals surface area contributed by atoms with Crippen molar-refractivity contribution in [2.45, 2.75) is 59.0 Å². The predicted octanol–water partition coefficient (Wildman–Crippen LogP) is 4.98. The summed E-state index contributed by atoms with van der Waals surface area (Å²) in [7, 11) is 0. The maximum absolute atomic E-state index is 13.1. The molecule has 1 aliphatic rings. The number of nitrogens with one attached hydrogen (secondary N) is 2. The van der Waals surface area contributed by atoms with E-state index in [0.29, 0.717) is 17.7 Å². The van der Waals surface area contributed by atoms with E-state index in [1.807, 2.05) is 69.4 Å². The van der Waals surface area contributed by atoms with E-state index in [9.17, 15) is 9.59 Å². The molecule has 2 aromatic carbocycles. The van der Waals surface area contributed by atoms with Gasteiger partial charge in [0.05, 0.1) is 0 Å². The van der Waals surface area contributed by atoms with Crippen molar-refractivity contribution in [3.05, 3.63) is 71.5 Å². The van der Waals surface area contributed by atoms with Crippen LogP contribution in [0, 0.1) is 12.8 Å². The van der Waals surface area contributed by atoms with Gasteiger partial charge in [0.15, 0.2) is 0 Å². The summed E-state index contributed by atoms with van der Waals surface area (Å²) in [5.41, 5.74) is 4.50. The van der Waals surface area contributed by atoms with Crippen LogP contribution in [0.15, 0.2) is 54.7 Å². The average molecular weight is 445 g/mol. The minimum absolute atomic E-state index is 0.212. The highest BCUT2D eigenvalue weighted by Gasteiger charge is 2.23. The molecule has 172 valence electrons. The van der Waals surface area contributed by atoms with Crippen LogP contribution in [0.4, 0.5) is 5.69 Å². The number of imidazole rings is 1. The number of aromatic nitrogens is 2. The van der Waals surface area contributed by atoms with Crippen LogP contribution in [0.1, 0.15) is 54.7 Å². The van der Waals surface area contributed by atoms with Crippen LogP contribution in [0.3, 0.4) is 0 Å². The van der Waals surface area contributed by atoms with Crippen molar-refractivity contribution < 1.29 is 9.59 Å². The minimum Gasteiger partial charge on any atom is -0.340 e. The Labute approximate surface area is 195 Å². The number of amides is 2. The number of nitrogens with zero attached hydrogens (tertiary/aromatic N) is 2. The predicted molar refractivity (Wildman–Crippen MR) is 131 cm³/mol. The van der Waals surface area contributed by atoms with Crippen molar-refractivity contribution in [3.63, 3.8) is 0 Å². The molecule has 0 bridgehead atoms. The summed E-state index contributed by atoms with van der Waals surface area (Å²) in [5.74, 6) is 0.794. The number of aryl methyl sites for hydroxylation is 2. The van der Waals surface area contributed by atoms with Gasteiger partial charge in [-0.3, -0.25) is 9.59 Å². The Balaban J connectivity index is 1.46. The third kappa shape index (κ3) is 5.33. The van der Waals surface area contributed by atoms with Crippen LogP contribution in [0.5, 0.6) is 0 Å². The summed E-state index contributed by atoms with van der Waals surface area (Å²) >= 11 is 0. The molecule has 2 N–H and O–H groups in total. The fourth-order valence-corrected chi connectivity index (χ4v) is 4.37. The van der Waals surface area contributed by atoms with Gasteiger partial charge in [0, 0.05) is 35.2 Å². The van der Waals surface area contributed by atoms with E-state index in [2.05, 4.69) is 20.2 Å². The van der Waals surface area contributed by atoms with Gasteiger partial charge in [0.25, 0.3) is 5.91 Å². The first kappa shape index (κ1) is 22.8. The van der Waals surface area contributed by atoms with Crippen molar-refractivity contribution in [2.75, 3.05) is 5.32 Å². The van der Waals surface area contributed by atoms with Crippen LogP contribution in [-0.2, 0) is 17.8 Å². The number of fused-ring (bicyclic) bond motifs is 1. The molecule has 2 heterocycles. The Bertz CT molecular complexity index is 1130. The molecule has 1 aliphatic heterocycles. The highest BCUT2D eigenvalue weighted by atomic mass is 16.2. The number of hydrogen-bond acceptors (Lipinski definition) is 3. The molecule has 1 aromatic heterocycles. The molecular formula is C27H32N4O2. The highest BCUT2D eigenvalue weighted by molar-refractivity contribution is 6.01. The van der Waals surface area contributed by atoms with Gasteiger partial charge in [-0.2, -0.15) is 0 Å². The van der Waals surface area contributed by atoms with E-state index in [1.165, 1.54) is 18.5 Å².